The summed E-state index contributed by atoms with van der Waals surface area (Å²) in [5.41, 5.74) is 3.65. The molecule has 0 spiro atoms. The summed E-state index contributed by atoms with van der Waals surface area (Å²) in [7, 11) is -2.06. The highest BCUT2D eigenvalue weighted by Gasteiger charge is 2.28. The van der Waals surface area contributed by atoms with Crippen LogP contribution in [0.5, 0.6) is 0 Å². The summed E-state index contributed by atoms with van der Waals surface area (Å²) in [4.78, 5) is 0. The Labute approximate surface area is 79.4 Å². The van der Waals surface area contributed by atoms with Gasteiger partial charge in [0, 0.05) is 8.07 Å². The van der Waals surface area contributed by atoms with Gasteiger partial charge in [-0.15, -0.1) is 18.9 Å². The summed E-state index contributed by atoms with van der Waals surface area (Å²) in [5, 5.41) is 0. The highest BCUT2D eigenvalue weighted by molar-refractivity contribution is 6.97. The van der Waals surface area contributed by atoms with Gasteiger partial charge < -0.3 is 0 Å². The van der Waals surface area contributed by atoms with Crippen LogP contribution in [0.1, 0.15) is 0 Å². The van der Waals surface area contributed by atoms with E-state index in [0.29, 0.717) is 0 Å². The Balaban J connectivity index is 4.21. The molecule has 0 rings (SSSR count). The molecule has 0 bridgehead atoms. The minimum atomic E-state index is -1.07. The van der Waals surface area contributed by atoms with Crippen molar-refractivity contribution in [1.82, 2.24) is 0 Å². The molecule has 0 atom stereocenters. The van der Waals surface area contributed by atoms with Crippen LogP contribution < -0.4 is 0 Å². The predicted octanol–water partition coefficient (Wildman–Crippen LogP) is 3.85. The Hall–Kier alpha value is -0.0862. The molecule has 0 saturated heterocycles. The van der Waals surface area contributed by atoms with E-state index >= 15 is 0 Å². The fourth-order valence-electron chi connectivity index (χ4n) is 1.77. The molecule has 0 heterocycles. The van der Waals surface area contributed by atoms with Gasteiger partial charge in [0.1, 0.15) is 0 Å². The number of hydrogen-bond donors (Lipinski definition) is 0. The second-order valence-corrected chi connectivity index (χ2v) is 15.6. The van der Waals surface area contributed by atoms with E-state index in [1.54, 1.807) is 0 Å². The molecule has 2 heteroatoms. The summed E-state index contributed by atoms with van der Waals surface area (Å²) < 4.78 is 0. The first-order valence-electron chi connectivity index (χ1n) is 4.57. The number of hydrogen-bond acceptors (Lipinski definition) is 0. The van der Waals surface area contributed by atoms with Gasteiger partial charge in [0.2, 0.25) is 0 Å². The molecule has 0 aromatic carbocycles. The van der Waals surface area contributed by atoms with Crippen molar-refractivity contribution in [1.29, 1.82) is 0 Å². The lowest BCUT2D eigenvalue weighted by Gasteiger charge is -2.28. The van der Waals surface area contributed by atoms with Crippen LogP contribution >= 0.6 is 0 Å². The summed E-state index contributed by atoms with van der Waals surface area (Å²) in [6.45, 7) is 17.5. The minimum absolute atomic E-state index is 0.987. The van der Waals surface area contributed by atoms with E-state index in [9.17, 15) is 0 Å². The van der Waals surface area contributed by atoms with Gasteiger partial charge in [-0.2, -0.15) is 0 Å². The largest absolute Gasteiger partial charge is 0.107 e. The second kappa shape index (κ2) is 4.24. The van der Waals surface area contributed by atoms with Crippen LogP contribution in [-0.4, -0.2) is 16.1 Å². The Morgan fingerprint density at radius 2 is 1.58 bits per heavy atom. The van der Waals surface area contributed by atoms with Gasteiger partial charge in [-0.1, -0.05) is 37.9 Å². The molecule has 0 aromatic rings. The average Bonchev–Trinajstić information content (AvgIpc) is 1.85. The van der Waals surface area contributed by atoms with E-state index < -0.39 is 16.1 Å². The Bertz CT molecular complexity index is 169. The average molecular weight is 198 g/mol. The molecule has 0 aliphatic heterocycles. The van der Waals surface area contributed by atoms with Crippen molar-refractivity contribution in [2.75, 3.05) is 0 Å². The lowest BCUT2D eigenvalue weighted by atomic mass is 10.8. The van der Waals surface area contributed by atoms with Crippen LogP contribution in [0.25, 0.3) is 0 Å². The first kappa shape index (κ1) is 11.9. The van der Waals surface area contributed by atoms with E-state index in [-0.39, 0.29) is 0 Å². The first-order valence-corrected chi connectivity index (χ1v) is 11.3. The van der Waals surface area contributed by atoms with Crippen molar-refractivity contribution in [3.63, 3.8) is 0 Å². The monoisotopic (exact) mass is 198 g/mol. The SMILES string of the molecule is C=CC[Si](C)(C)C[Si](C)(C)C=C. The molecule has 70 valence electrons. The number of allylic oxidation sites excluding steroid dienone is 1. The van der Waals surface area contributed by atoms with Crippen LogP contribution in [0.3, 0.4) is 0 Å². The van der Waals surface area contributed by atoms with Crippen LogP contribution in [0.15, 0.2) is 24.9 Å². The fourth-order valence-corrected chi connectivity index (χ4v) is 13.6. The van der Waals surface area contributed by atoms with Crippen molar-refractivity contribution < 1.29 is 0 Å². The van der Waals surface area contributed by atoms with Crippen LogP contribution in [0.2, 0.25) is 37.9 Å². The molecular weight excluding hydrogens is 176 g/mol. The van der Waals surface area contributed by atoms with Crippen LogP contribution in [0.4, 0.5) is 0 Å². The number of rotatable bonds is 5. The van der Waals surface area contributed by atoms with E-state index in [1.165, 1.54) is 11.7 Å². The molecule has 0 fully saturated rings. The summed E-state index contributed by atoms with van der Waals surface area (Å²) in [6, 6.07) is 1.25. The normalized spacial score (nSPS) is 12.7. The van der Waals surface area contributed by atoms with E-state index in [0.717, 1.165) is 0 Å². The van der Waals surface area contributed by atoms with Crippen molar-refractivity contribution >= 4 is 16.1 Å². The molecule has 12 heavy (non-hydrogen) atoms. The molecule has 0 saturated carbocycles. The van der Waals surface area contributed by atoms with Crippen molar-refractivity contribution in [2.24, 2.45) is 0 Å². The maximum absolute atomic E-state index is 3.93. The zero-order chi connectivity index (χ0) is 9.83. The third kappa shape index (κ3) is 4.72. The molecule has 0 radical (unpaired) electrons. The van der Waals surface area contributed by atoms with Crippen molar-refractivity contribution in [3.05, 3.63) is 24.9 Å². The summed E-state index contributed by atoms with van der Waals surface area (Å²) in [5.74, 6) is 0. The zero-order valence-corrected chi connectivity index (χ0v) is 11.0. The van der Waals surface area contributed by atoms with E-state index in [1.807, 2.05) is 0 Å². The third-order valence-corrected chi connectivity index (χ3v) is 12.2. The fraction of sp³-hybridized carbons (Fsp3) is 0.600. The van der Waals surface area contributed by atoms with Gasteiger partial charge in [-0.3, -0.25) is 0 Å². The lowest BCUT2D eigenvalue weighted by molar-refractivity contribution is 1.45. The van der Waals surface area contributed by atoms with Crippen molar-refractivity contribution in [3.8, 4) is 0 Å². The molecule has 0 amide bonds. The topological polar surface area (TPSA) is 0 Å². The van der Waals surface area contributed by atoms with Gasteiger partial charge in [0.15, 0.2) is 0 Å². The molecular formula is C10H22Si2. The van der Waals surface area contributed by atoms with Crippen molar-refractivity contribution in [2.45, 2.75) is 37.9 Å². The highest BCUT2D eigenvalue weighted by Crippen LogP contribution is 2.23. The predicted molar refractivity (Wildman–Crippen MR) is 65.0 cm³/mol. The summed E-state index contributed by atoms with van der Waals surface area (Å²) in [6.07, 6.45) is 2.08. The van der Waals surface area contributed by atoms with Crippen LogP contribution in [-0.2, 0) is 0 Å². The summed E-state index contributed by atoms with van der Waals surface area (Å²) >= 11 is 0. The Morgan fingerprint density at radius 1 is 1.08 bits per heavy atom. The molecule has 0 aromatic heterocycles. The Kier molecular flexibility index (Phi) is 4.21. The maximum atomic E-state index is 3.93. The van der Waals surface area contributed by atoms with E-state index in [2.05, 4.69) is 51.1 Å². The van der Waals surface area contributed by atoms with Gasteiger partial charge in [0.25, 0.3) is 0 Å². The van der Waals surface area contributed by atoms with Gasteiger partial charge in [-0.05, 0) is 6.04 Å². The zero-order valence-electron chi connectivity index (χ0n) is 8.98. The molecule has 0 unspecified atom stereocenters. The minimum Gasteiger partial charge on any atom is -0.107 e. The molecule has 0 nitrogen and oxygen atoms in total. The third-order valence-electron chi connectivity index (χ3n) is 2.18. The molecule has 0 aliphatic rings. The second-order valence-electron chi connectivity index (χ2n) is 5.03. The maximum Gasteiger partial charge on any atom is 0.0684 e. The quantitative estimate of drug-likeness (QED) is 0.465. The van der Waals surface area contributed by atoms with Crippen LogP contribution in [0, 0.1) is 0 Å². The molecule has 0 aliphatic carbocycles. The molecule has 0 N–H and O–H groups in total. The first-order chi connectivity index (χ1) is 5.33. The standard InChI is InChI=1S/C10H22Si2/c1-7-9-12(5,6)10-11(3,4)8-2/h7-8H,1-2,9-10H2,3-6H3. The smallest absolute Gasteiger partial charge is 0.0684 e. The van der Waals surface area contributed by atoms with Gasteiger partial charge in [0.05, 0.1) is 8.07 Å². The Morgan fingerprint density at radius 3 is 1.92 bits per heavy atom. The van der Waals surface area contributed by atoms with E-state index in [4.69, 9.17) is 0 Å². The highest BCUT2D eigenvalue weighted by atomic mass is 28.4. The van der Waals surface area contributed by atoms with Gasteiger partial charge >= 0.3 is 0 Å². The lowest BCUT2D eigenvalue weighted by Crippen LogP contribution is -2.37. The van der Waals surface area contributed by atoms with Gasteiger partial charge in [-0.25, -0.2) is 0 Å².